The summed E-state index contributed by atoms with van der Waals surface area (Å²) in [5.41, 5.74) is 9.04. The van der Waals surface area contributed by atoms with Crippen LogP contribution in [0.4, 0.5) is 0 Å². The van der Waals surface area contributed by atoms with E-state index in [1.165, 1.54) is 0 Å². The van der Waals surface area contributed by atoms with Gasteiger partial charge in [0.05, 0.1) is 0 Å². The minimum atomic E-state index is -0.345. The summed E-state index contributed by atoms with van der Waals surface area (Å²) in [7, 11) is 0. The van der Waals surface area contributed by atoms with Crippen LogP contribution in [0.15, 0.2) is 78.9 Å². The third kappa shape index (κ3) is 4.36. The molecule has 0 aliphatic carbocycles. The minimum Gasteiger partial charge on any atom is -0.267 e. The van der Waals surface area contributed by atoms with E-state index >= 15 is 0 Å². The molecule has 0 heterocycles. The van der Waals surface area contributed by atoms with Gasteiger partial charge in [0, 0.05) is 11.1 Å². The van der Waals surface area contributed by atoms with E-state index in [4.69, 9.17) is 0 Å². The van der Waals surface area contributed by atoms with Crippen molar-refractivity contribution in [2.24, 2.45) is 0 Å². The lowest BCUT2D eigenvalue weighted by atomic mass is 9.99. The van der Waals surface area contributed by atoms with Crippen LogP contribution in [0.1, 0.15) is 37.4 Å². The number of nitrogens with one attached hydrogen (secondary N) is 2. The SMILES string of the molecule is Cc1cccc(C(=O)NNC(=O)c2ccccc2Cc2ccccc2)c1. The molecule has 4 heteroatoms. The third-order valence-corrected chi connectivity index (χ3v) is 4.07. The monoisotopic (exact) mass is 344 g/mol. The van der Waals surface area contributed by atoms with Crippen LogP contribution in [0, 0.1) is 6.92 Å². The first-order chi connectivity index (χ1) is 12.6. The maximum absolute atomic E-state index is 12.5. The summed E-state index contributed by atoms with van der Waals surface area (Å²) >= 11 is 0. The van der Waals surface area contributed by atoms with Crippen molar-refractivity contribution in [1.82, 2.24) is 10.9 Å². The number of hydrazine groups is 1. The van der Waals surface area contributed by atoms with Gasteiger partial charge >= 0.3 is 0 Å². The minimum absolute atomic E-state index is 0.336. The highest BCUT2D eigenvalue weighted by molar-refractivity contribution is 5.99. The van der Waals surface area contributed by atoms with Crippen molar-refractivity contribution in [3.05, 3.63) is 107 Å². The third-order valence-electron chi connectivity index (χ3n) is 4.07. The van der Waals surface area contributed by atoms with Crippen LogP contribution >= 0.6 is 0 Å². The highest BCUT2D eigenvalue weighted by Gasteiger charge is 2.13. The second kappa shape index (κ2) is 8.12. The van der Waals surface area contributed by atoms with Gasteiger partial charge in [-0.3, -0.25) is 20.4 Å². The van der Waals surface area contributed by atoms with Crippen LogP contribution in [0.2, 0.25) is 0 Å². The topological polar surface area (TPSA) is 58.2 Å². The zero-order valence-corrected chi connectivity index (χ0v) is 14.5. The summed E-state index contributed by atoms with van der Waals surface area (Å²) in [5, 5.41) is 0. The van der Waals surface area contributed by atoms with Crippen molar-refractivity contribution in [2.75, 3.05) is 0 Å². The fourth-order valence-corrected chi connectivity index (χ4v) is 2.75. The highest BCUT2D eigenvalue weighted by atomic mass is 16.2. The molecule has 2 N–H and O–H groups in total. The van der Waals surface area contributed by atoms with E-state index < -0.39 is 0 Å². The quantitative estimate of drug-likeness (QED) is 0.710. The summed E-state index contributed by atoms with van der Waals surface area (Å²) in [6, 6.07) is 24.5. The zero-order valence-electron chi connectivity index (χ0n) is 14.5. The van der Waals surface area contributed by atoms with E-state index in [1.54, 1.807) is 24.3 Å². The van der Waals surface area contributed by atoms with Crippen molar-refractivity contribution in [3.8, 4) is 0 Å². The fraction of sp³-hybridized carbons (Fsp3) is 0.0909. The summed E-state index contributed by atoms with van der Waals surface area (Å²) in [6.07, 6.45) is 0.649. The van der Waals surface area contributed by atoms with Gasteiger partial charge in [0.2, 0.25) is 0 Å². The Bertz CT molecular complexity index is 920. The standard InChI is InChI=1S/C22H20N2O2/c1-16-8-7-12-19(14-16)21(25)23-24-22(26)20-13-6-5-11-18(20)15-17-9-3-2-4-10-17/h2-14H,15H2,1H3,(H,23,25)(H,24,26). The normalized spacial score (nSPS) is 10.2. The molecule has 3 rings (SSSR count). The Labute approximate surface area is 152 Å². The number of aryl methyl sites for hydroxylation is 1. The van der Waals surface area contributed by atoms with Crippen molar-refractivity contribution in [1.29, 1.82) is 0 Å². The number of rotatable bonds is 4. The maximum Gasteiger partial charge on any atom is 0.269 e. The van der Waals surface area contributed by atoms with Gasteiger partial charge in [-0.25, -0.2) is 0 Å². The van der Waals surface area contributed by atoms with Gasteiger partial charge in [-0.2, -0.15) is 0 Å². The molecule has 0 spiro atoms. The molecule has 2 amide bonds. The van der Waals surface area contributed by atoms with Gasteiger partial charge in [0.1, 0.15) is 0 Å². The van der Waals surface area contributed by atoms with Gasteiger partial charge in [-0.05, 0) is 42.7 Å². The summed E-state index contributed by atoms with van der Waals surface area (Å²) < 4.78 is 0. The predicted octanol–water partition coefficient (Wildman–Crippen LogP) is 3.66. The van der Waals surface area contributed by atoms with Gasteiger partial charge in [-0.15, -0.1) is 0 Å². The Balaban J connectivity index is 1.69. The van der Waals surface area contributed by atoms with Crippen molar-refractivity contribution in [3.63, 3.8) is 0 Å². The van der Waals surface area contributed by atoms with Crippen molar-refractivity contribution < 1.29 is 9.59 Å². The van der Waals surface area contributed by atoms with Crippen LogP contribution < -0.4 is 10.9 Å². The molecule has 0 aliphatic heterocycles. The Morgan fingerprint density at radius 2 is 1.46 bits per heavy atom. The van der Waals surface area contributed by atoms with E-state index in [0.717, 1.165) is 16.7 Å². The van der Waals surface area contributed by atoms with E-state index in [9.17, 15) is 9.59 Å². The van der Waals surface area contributed by atoms with E-state index in [2.05, 4.69) is 10.9 Å². The number of amides is 2. The Hall–Kier alpha value is -3.40. The van der Waals surface area contributed by atoms with Gasteiger partial charge < -0.3 is 0 Å². The van der Waals surface area contributed by atoms with Crippen LogP contribution in [0.5, 0.6) is 0 Å². The molecular formula is C22H20N2O2. The molecule has 3 aromatic rings. The Morgan fingerprint density at radius 1 is 0.769 bits per heavy atom. The number of hydrogen-bond donors (Lipinski definition) is 2. The van der Waals surface area contributed by atoms with E-state index in [1.807, 2.05) is 61.5 Å². The number of hydrogen-bond acceptors (Lipinski definition) is 2. The van der Waals surface area contributed by atoms with Gasteiger partial charge in [0.15, 0.2) is 0 Å². The van der Waals surface area contributed by atoms with Crippen molar-refractivity contribution >= 4 is 11.8 Å². The van der Waals surface area contributed by atoms with Crippen LogP contribution in [0.25, 0.3) is 0 Å². The average molecular weight is 344 g/mol. The van der Waals surface area contributed by atoms with Gasteiger partial charge in [-0.1, -0.05) is 66.2 Å². The molecule has 0 atom stereocenters. The molecule has 130 valence electrons. The first-order valence-corrected chi connectivity index (χ1v) is 8.42. The van der Waals surface area contributed by atoms with Gasteiger partial charge in [0.25, 0.3) is 11.8 Å². The Morgan fingerprint density at radius 3 is 2.23 bits per heavy atom. The van der Waals surface area contributed by atoms with Crippen molar-refractivity contribution in [2.45, 2.75) is 13.3 Å². The molecule has 0 aliphatic rings. The summed E-state index contributed by atoms with van der Waals surface area (Å²) in [6.45, 7) is 1.91. The Kier molecular flexibility index (Phi) is 5.44. The smallest absolute Gasteiger partial charge is 0.267 e. The first-order valence-electron chi connectivity index (χ1n) is 8.42. The van der Waals surface area contributed by atoms with E-state index in [-0.39, 0.29) is 11.8 Å². The highest BCUT2D eigenvalue weighted by Crippen LogP contribution is 2.14. The molecule has 3 aromatic carbocycles. The first kappa shape index (κ1) is 17.4. The lowest BCUT2D eigenvalue weighted by Gasteiger charge is -2.11. The van der Waals surface area contributed by atoms with Crippen LogP contribution in [-0.4, -0.2) is 11.8 Å². The summed E-state index contributed by atoms with van der Waals surface area (Å²) in [4.78, 5) is 24.7. The summed E-state index contributed by atoms with van der Waals surface area (Å²) in [5.74, 6) is -0.680. The molecule has 0 aromatic heterocycles. The van der Waals surface area contributed by atoms with Crippen LogP contribution in [-0.2, 0) is 6.42 Å². The molecule has 0 fully saturated rings. The lowest BCUT2D eigenvalue weighted by molar-refractivity contribution is 0.0846. The second-order valence-corrected chi connectivity index (χ2v) is 6.10. The number of carbonyl (C=O) groups is 2. The molecule has 0 radical (unpaired) electrons. The molecular weight excluding hydrogens is 324 g/mol. The molecule has 26 heavy (non-hydrogen) atoms. The molecule has 0 bridgehead atoms. The largest absolute Gasteiger partial charge is 0.269 e. The van der Waals surface area contributed by atoms with Crippen LogP contribution in [0.3, 0.4) is 0 Å². The molecule has 0 unspecified atom stereocenters. The second-order valence-electron chi connectivity index (χ2n) is 6.10. The zero-order chi connectivity index (χ0) is 18.4. The predicted molar refractivity (Wildman–Crippen MR) is 102 cm³/mol. The molecule has 4 nitrogen and oxygen atoms in total. The molecule has 0 saturated heterocycles. The number of benzene rings is 3. The average Bonchev–Trinajstić information content (AvgIpc) is 2.67. The molecule has 0 saturated carbocycles. The maximum atomic E-state index is 12.5. The fourth-order valence-electron chi connectivity index (χ4n) is 2.75. The van der Waals surface area contributed by atoms with E-state index in [0.29, 0.717) is 17.5 Å². The lowest BCUT2D eigenvalue weighted by Crippen LogP contribution is -2.42. The number of carbonyl (C=O) groups excluding carboxylic acids is 2.